The summed E-state index contributed by atoms with van der Waals surface area (Å²) in [7, 11) is 0. The molecule has 1 rings (SSSR count). The summed E-state index contributed by atoms with van der Waals surface area (Å²) in [6.07, 6.45) is 0.951. The Kier molecular flexibility index (Phi) is 4.35. The predicted octanol–water partition coefficient (Wildman–Crippen LogP) is 2.53. The lowest BCUT2D eigenvalue weighted by Crippen LogP contribution is -2.38. The van der Waals surface area contributed by atoms with E-state index < -0.39 is 0 Å². The summed E-state index contributed by atoms with van der Waals surface area (Å²) >= 11 is 0. The molecule has 0 heterocycles. The standard InChI is InChI=1S/C13H20N2O/c1-4-10(3)15(5-2)13(16)11-8-6-7-9-12(11)14/h6-10H,4-5,14H2,1-3H3. The van der Waals surface area contributed by atoms with Crippen LogP contribution >= 0.6 is 0 Å². The average Bonchev–Trinajstić information content (AvgIpc) is 2.30. The Morgan fingerprint density at radius 3 is 2.50 bits per heavy atom. The number of para-hydroxylation sites is 1. The fraction of sp³-hybridized carbons (Fsp3) is 0.462. The van der Waals surface area contributed by atoms with E-state index in [2.05, 4.69) is 13.8 Å². The molecule has 0 saturated heterocycles. The molecular formula is C13H20N2O. The average molecular weight is 220 g/mol. The number of rotatable bonds is 4. The molecule has 1 aromatic carbocycles. The molecule has 1 amide bonds. The lowest BCUT2D eigenvalue weighted by atomic mass is 10.1. The van der Waals surface area contributed by atoms with Crippen LogP contribution in [0, 0.1) is 0 Å². The summed E-state index contributed by atoms with van der Waals surface area (Å²) < 4.78 is 0. The first kappa shape index (κ1) is 12.6. The molecule has 88 valence electrons. The Morgan fingerprint density at radius 1 is 1.38 bits per heavy atom. The van der Waals surface area contributed by atoms with Gasteiger partial charge in [-0.3, -0.25) is 4.79 Å². The van der Waals surface area contributed by atoms with Crippen LogP contribution in [0.15, 0.2) is 24.3 Å². The van der Waals surface area contributed by atoms with Crippen molar-refractivity contribution in [3.8, 4) is 0 Å². The van der Waals surface area contributed by atoms with Gasteiger partial charge in [-0.25, -0.2) is 0 Å². The van der Waals surface area contributed by atoms with E-state index in [4.69, 9.17) is 5.73 Å². The van der Waals surface area contributed by atoms with E-state index in [9.17, 15) is 4.79 Å². The summed E-state index contributed by atoms with van der Waals surface area (Å²) in [5.41, 5.74) is 6.96. The highest BCUT2D eigenvalue weighted by Crippen LogP contribution is 2.16. The number of nitrogens with two attached hydrogens (primary N) is 1. The van der Waals surface area contributed by atoms with Crippen LogP contribution in [-0.4, -0.2) is 23.4 Å². The first-order valence-corrected chi connectivity index (χ1v) is 5.77. The van der Waals surface area contributed by atoms with E-state index in [0.29, 0.717) is 17.8 Å². The van der Waals surface area contributed by atoms with Crippen molar-refractivity contribution in [3.63, 3.8) is 0 Å². The fourth-order valence-electron chi connectivity index (χ4n) is 1.72. The molecule has 0 bridgehead atoms. The van der Waals surface area contributed by atoms with Gasteiger partial charge in [0.05, 0.1) is 5.56 Å². The predicted molar refractivity (Wildman–Crippen MR) is 67.3 cm³/mol. The first-order chi connectivity index (χ1) is 7.61. The highest BCUT2D eigenvalue weighted by atomic mass is 16.2. The maximum Gasteiger partial charge on any atom is 0.256 e. The number of nitrogen functional groups attached to an aromatic ring is 1. The number of anilines is 1. The Balaban J connectivity index is 2.96. The number of amides is 1. The second-order valence-corrected chi connectivity index (χ2v) is 3.94. The summed E-state index contributed by atoms with van der Waals surface area (Å²) in [5, 5.41) is 0. The van der Waals surface area contributed by atoms with Crippen molar-refractivity contribution in [2.24, 2.45) is 0 Å². The SMILES string of the molecule is CCC(C)N(CC)C(=O)c1ccccc1N. The Labute approximate surface area is 97.2 Å². The number of hydrogen-bond acceptors (Lipinski definition) is 2. The number of carbonyl (C=O) groups is 1. The molecule has 0 spiro atoms. The van der Waals surface area contributed by atoms with E-state index in [1.807, 2.05) is 24.0 Å². The molecule has 1 aromatic rings. The molecule has 0 aliphatic rings. The van der Waals surface area contributed by atoms with Gasteiger partial charge in [-0.2, -0.15) is 0 Å². The monoisotopic (exact) mass is 220 g/mol. The van der Waals surface area contributed by atoms with Crippen molar-refractivity contribution in [2.45, 2.75) is 33.2 Å². The summed E-state index contributed by atoms with van der Waals surface area (Å²) in [6.45, 7) is 6.83. The van der Waals surface area contributed by atoms with Gasteiger partial charge < -0.3 is 10.6 Å². The zero-order chi connectivity index (χ0) is 12.1. The highest BCUT2D eigenvalue weighted by Gasteiger charge is 2.19. The van der Waals surface area contributed by atoms with Gasteiger partial charge in [-0.1, -0.05) is 19.1 Å². The summed E-state index contributed by atoms with van der Waals surface area (Å²) in [5.74, 6) is 0.0231. The quantitative estimate of drug-likeness (QED) is 0.792. The molecular weight excluding hydrogens is 200 g/mol. The molecule has 16 heavy (non-hydrogen) atoms. The van der Waals surface area contributed by atoms with Crippen LogP contribution in [0.1, 0.15) is 37.6 Å². The lowest BCUT2D eigenvalue weighted by Gasteiger charge is -2.27. The third-order valence-corrected chi connectivity index (χ3v) is 2.92. The van der Waals surface area contributed by atoms with Gasteiger partial charge in [0.25, 0.3) is 5.91 Å². The van der Waals surface area contributed by atoms with Crippen LogP contribution in [0.5, 0.6) is 0 Å². The molecule has 2 N–H and O–H groups in total. The van der Waals surface area contributed by atoms with Crippen LogP contribution < -0.4 is 5.73 Å². The maximum absolute atomic E-state index is 12.2. The van der Waals surface area contributed by atoms with Crippen molar-refractivity contribution in [2.75, 3.05) is 12.3 Å². The number of carbonyl (C=O) groups excluding carboxylic acids is 1. The van der Waals surface area contributed by atoms with E-state index >= 15 is 0 Å². The molecule has 1 unspecified atom stereocenters. The van der Waals surface area contributed by atoms with Crippen molar-refractivity contribution in [3.05, 3.63) is 29.8 Å². The zero-order valence-corrected chi connectivity index (χ0v) is 10.2. The largest absolute Gasteiger partial charge is 0.398 e. The molecule has 3 nitrogen and oxygen atoms in total. The highest BCUT2D eigenvalue weighted by molar-refractivity contribution is 5.99. The molecule has 0 aliphatic heterocycles. The van der Waals surface area contributed by atoms with Crippen molar-refractivity contribution in [1.29, 1.82) is 0 Å². The second-order valence-electron chi connectivity index (χ2n) is 3.94. The number of benzene rings is 1. The molecule has 3 heteroatoms. The van der Waals surface area contributed by atoms with Crippen molar-refractivity contribution < 1.29 is 4.79 Å². The molecule has 0 fully saturated rings. The van der Waals surface area contributed by atoms with Gasteiger partial charge in [0, 0.05) is 18.3 Å². The van der Waals surface area contributed by atoms with Crippen LogP contribution in [0.4, 0.5) is 5.69 Å². The molecule has 1 atom stereocenters. The van der Waals surface area contributed by atoms with E-state index in [0.717, 1.165) is 6.42 Å². The minimum absolute atomic E-state index is 0.0231. The lowest BCUT2D eigenvalue weighted by molar-refractivity contribution is 0.0701. The van der Waals surface area contributed by atoms with Crippen LogP contribution in [0.25, 0.3) is 0 Å². The summed E-state index contributed by atoms with van der Waals surface area (Å²) in [4.78, 5) is 14.1. The Morgan fingerprint density at radius 2 is 2.00 bits per heavy atom. The van der Waals surface area contributed by atoms with E-state index in [1.54, 1.807) is 12.1 Å². The second kappa shape index (κ2) is 5.54. The van der Waals surface area contributed by atoms with Crippen LogP contribution in [0.3, 0.4) is 0 Å². The molecule has 0 radical (unpaired) electrons. The van der Waals surface area contributed by atoms with Crippen LogP contribution in [-0.2, 0) is 0 Å². The van der Waals surface area contributed by atoms with Crippen molar-refractivity contribution in [1.82, 2.24) is 4.90 Å². The minimum Gasteiger partial charge on any atom is -0.398 e. The number of hydrogen-bond donors (Lipinski definition) is 1. The Bertz CT molecular complexity index is 363. The molecule has 0 saturated carbocycles. The van der Waals surface area contributed by atoms with Gasteiger partial charge in [0.2, 0.25) is 0 Å². The Hall–Kier alpha value is -1.51. The topological polar surface area (TPSA) is 46.3 Å². The van der Waals surface area contributed by atoms with Crippen LogP contribution in [0.2, 0.25) is 0 Å². The molecule has 0 aliphatic carbocycles. The maximum atomic E-state index is 12.2. The smallest absolute Gasteiger partial charge is 0.256 e. The van der Waals surface area contributed by atoms with Gasteiger partial charge in [0.15, 0.2) is 0 Å². The minimum atomic E-state index is 0.0231. The third-order valence-electron chi connectivity index (χ3n) is 2.92. The molecule has 0 aromatic heterocycles. The fourth-order valence-corrected chi connectivity index (χ4v) is 1.72. The van der Waals surface area contributed by atoms with Crippen molar-refractivity contribution >= 4 is 11.6 Å². The van der Waals surface area contributed by atoms with Gasteiger partial charge >= 0.3 is 0 Å². The number of nitrogens with zero attached hydrogens (tertiary/aromatic N) is 1. The first-order valence-electron chi connectivity index (χ1n) is 5.77. The third kappa shape index (κ3) is 2.54. The van der Waals surface area contributed by atoms with E-state index in [-0.39, 0.29) is 11.9 Å². The zero-order valence-electron chi connectivity index (χ0n) is 10.2. The normalized spacial score (nSPS) is 12.2. The van der Waals surface area contributed by atoms with Gasteiger partial charge in [-0.15, -0.1) is 0 Å². The van der Waals surface area contributed by atoms with Gasteiger partial charge in [0.1, 0.15) is 0 Å². The summed E-state index contributed by atoms with van der Waals surface area (Å²) in [6, 6.07) is 7.47. The van der Waals surface area contributed by atoms with E-state index in [1.165, 1.54) is 0 Å². The van der Waals surface area contributed by atoms with Gasteiger partial charge in [-0.05, 0) is 32.4 Å².